The zero-order valence-corrected chi connectivity index (χ0v) is 14.1. The molecule has 3 aromatic rings. The van der Waals surface area contributed by atoms with Crippen LogP contribution in [-0.2, 0) is 9.53 Å². The van der Waals surface area contributed by atoms with Gasteiger partial charge in [0, 0.05) is 27.4 Å². The molecule has 0 bridgehead atoms. The molecule has 120 valence electrons. The number of benzene rings is 2. The lowest BCUT2D eigenvalue weighted by Gasteiger charge is -2.13. The van der Waals surface area contributed by atoms with Crippen LogP contribution < -0.4 is 0 Å². The summed E-state index contributed by atoms with van der Waals surface area (Å²) in [6.07, 6.45) is 0.646. The van der Waals surface area contributed by atoms with Crippen LogP contribution in [0.5, 0.6) is 0 Å². The summed E-state index contributed by atoms with van der Waals surface area (Å²) >= 11 is 12.6. The Morgan fingerprint density at radius 2 is 1.88 bits per heavy atom. The standard InChI is InChI=1S/C19H13Cl2NO2/c20-11-5-6-17-15(9-11)14(12-3-1-2-4-16(12)21)10-18(22-17)13-7-8-24-19(13)23/h1-6,9-10,13H,7-8H2. The molecule has 2 heterocycles. The molecule has 0 spiro atoms. The Labute approximate surface area is 149 Å². The van der Waals surface area contributed by atoms with E-state index >= 15 is 0 Å². The molecule has 0 N–H and O–H groups in total. The topological polar surface area (TPSA) is 39.2 Å². The van der Waals surface area contributed by atoms with E-state index in [2.05, 4.69) is 4.98 Å². The van der Waals surface area contributed by atoms with E-state index in [1.54, 1.807) is 6.07 Å². The van der Waals surface area contributed by atoms with E-state index in [1.807, 2.05) is 42.5 Å². The summed E-state index contributed by atoms with van der Waals surface area (Å²) in [7, 11) is 0. The number of carbonyl (C=O) groups is 1. The van der Waals surface area contributed by atoms with E-state index in [9.17, 15) is 4.79 Å². The fourth-order valence-electron chi connectivity index (χ4n) is 3.06. The largest absolute Gasteiger partial charge is 0.465 e. The maximum Gasteiger partial charge on any atom is 0.315 e. The number of hydrogen-bond acceptors (Lipinski definition) is 3. The maximum absolute atomic E-state index is 12.0. The number of rotatable bonds is 2. The summed E-state index contributed by atoms with van der Waals surface area (Å²) in [4.78, 5) is 16.6. The van der Waals surface area contributed by atoms with Crippen LogP contribution in [0.3, 0.4) is 0 Å². The molecular weight excluding hydrogens is 345 g/mol. The fourth-order valence-corrected chi connectivity index (χ4v) is 3.47. The Morgan fingerprint density at radius 1 is 1.04 bits per heavy atom. The number of halogens is 2. The van der Waals surface area contributed by atoms with Gasteiger partial charge in [-0.1, -0.05) is 41.4 Å². The Morgan fingerprint density at radius 3 is 2.62 bits per heavy atom. The highest BCUT2D eigenvalue weighted by Crippen LogP contribution is 2.37. The van der Waals surface area contributed by atoms with Gasteiger partial charge in [-0.15, -0.1) is 0 Å². The zero-order chi connectivity index (χ0) is 16.7. The average Bonchev–Trinajstić information content (AvgIpc) is 3.01. The van der Waals surface area contributed by atoms with Gasteiger partial charge in [0.15, 0.2) is 0 Å². The van der Waals surface area contributed by atoms with E-state index < -0.39 is 0 Å². The van der Waals surface area contributed by atoms with Crippen molar-refractivity contribution < 1.29 is 9.53 Å². The van der Waals surface area contributed by atoms with Gasteiger partial charge in [0.25, 0.3) is 0 Å². The Hall–Kier alpha value is -2.10. The van der Waals surface area contributed by atoms with Crippen molar-refractivity contribution in [3.05, 3.63) is 64.3 Å². The molecule has 5 heteroatoms. The van der Waals surface area contributed by atoms with Gasteiger partial charge in [0.2, 0.25) is 0 Å². The summed E-state index contributed by atoms with van der Waals surface area (Å²) in [5.41, 5.74) is 3.30. The molecule has 0 aliphatic carbocycles. The summed E-state index contributed by atoms with van der Waals surface area (Å²) in [6, 6.07) is 15.1. The van der Waals surface area contributed by atoms with Gasteiger partial charge >= 0.3 is 5.97 Å². The first-order valence-electron chi connectivity index (χ1n) is 7.65. The number of fused-ring (bicyclic) bond motifs is 1. The molecule has 1 fully saturated rings. The van der Waals surface area contributed by atoms with Crippen molar-refractivity contribution in [2.24, 2.45) is 0 Å². The lowest BCUT2D eigenvalue weighted by molar-refractivity contribution is -0.139. The minimum absolute atomic E-state index is 0.221. The van der Waals surface area contributed by atoms with Crippen LogP contribution in [0.15, 0.2) is 48.5 Å². The molecular formula is C19H13Cl2NO2. The van der Waals surface area contributed by atoms with Gasteiger partial charge in [-0.25, -0.2) is 0 Å². The second-order valence-electron chi connectivity index (χ2n) is 5.74. The van der Waals surface area contributed by atoms with E-state index in [0.717, 1.165) is 22.0 Å². The number of nitrogens with zero attached hydrogens (tertiary/aromatic N) is 1. The van der Waals surface area contributed by atoms with Gasteiger partial charge in [0.1, 0.15) is 5.92 Å². The highest BCUT2D eigenvalue weighted by Gasteiger charge is 2.30. The van der Waals surface area contributed by atoms with Crippen molar-refractivity contribution in [1.29, 1.82) is 0 Å². The third kappa shape index (κ3) is 2.64. The Balaban J connectivity index is 2.00. The summed E-state index contributed by atoms with van der Waals surface area (Å²) in [5.74, 6) is -0.549. The molecule has 0 saturated carbocycles. The lowest BCUT2D eigenvalue weighted by atomic mass is 9.95. The highest BCUT2D eigenvalue weighted by atomic mass is 35.5. The normalized spacial score (nSPS) is 17.2. The number of carbonyl (C=O) groups excluding carboxylic acids is 1. The minimum Gasteiger partial charge on any atom is -0.465 e. The second kappa shape index (κ2) is 6.08. The van der Waals surface area contributed by atoms with Crippen molar-refractivity contribution in [3.63, 3.8) is 0 Å². The predicted molar refractivity (Wildman–Crippen MR) is 95.5 cm³/mol. The predicted octanol–water partition coefficient (Wildman–Crippen LogP) is 5.24. The van der Waals surface area contributed by atoms with Crippen molar-refractivity contribution in [2.45, 2.75) is 12.3 Å². The van der Waals surface area contributed by atoms with Crippen LogP contribution in [-0.4, -0.2) is 17.6 Å². The highest BCUT2D eigenvalue weighted by molar-refractivity contribution is 6.34. The molecule has 1 unspecified atom stereocenters. The number of aromatic nitrogens is 1. The fraction of sp³-hybridized carbons (Fsp3) is 0.158. The van der Waals surface area contributed by atoms with E-state index in [4.69, 9.17) is 27.9 Å². The van der Waals surface area contributed by atoms with E-state index in [1.165, 1.54) is 0 Å². The van der Waals surface area contributed by atoms with E-state index in [0.29, 0.717) is 28.8 Å². The molecule has 4 rings (SSSR count). The van der Waals surface area contributed by atoms with Crippen LogP contribution >= 0.6 is 23.2 Å². The summed E-state index contributed by atoms with van der Waals surface area (Å²) < 4.78 is 5.09. The van der Waals surface area contributed by atoms with E-state index in [-0.39, 0.29) is 11.9 Å². The SMILES string of the molecule is O=C1OCCC1c1cc(-c2ccccc2Cl)c2cc(Cl)ccc2n1. The lowest BCUT2D eigenvalue weighted by Crippen LogP contribution is -2.08. The monoisotopic (exact) mass is 357 g/mol. The molecule has 0 radical (unpaired) electrons. The smallest absolute Gasteiger partial charge is 0.315 e. The molecule has 24 heavy (non-hydrogen) atoms. The van der Waals surface area contributed by atoms with Crippen molar-refractivity contribution >= 4 is 40.1 Å². The molecule has 1 atom stereocenters. The molecule has 1 aromatic heterocycles. The first-order chi connectivity index (χ1) is 11.6. The maximum atomic E-state index is 12.0. The van der Waals surface area contributed by atoms with Crippen molar-refractivity contribution in [3.8, 4) is 11.1 Å². The zero-order valence-electron chi connectivity index (χ0n) is 12.6. The quantitative estimate of drug-likeness (QED) is 0.588. The van der Waals surface area contributed by atoms with Crippen LogP contribution in [0.4, 0.5) is 0 Å². The summed E-state index contributed by atoms with van der Waals surface area (Å²) in [6.45, 7) is 0.436. The molecule has 1 saturated heterocycles. The molecule has 3 nitrogen and oxygen atoms in total. The third-order valence-corrected chi connectivity index (χ3v) is 4.81. The average molecular weight is 358 g/mol. The first-order valence-corrected chi connectivity index (χ1v) is 8.41. The van der Waals surface area contributed by atoms with Gasteiger partial charge < -0.3 is 4.74 Å². The second-order valence-corrected chi connectivity index (χ2v) is 6.59. The Kier molecular flexibility index (Phi) is 3.91. The number of cyclic esters (lactones) is 1. The van der Waals surface area contributed by atoms with Gasteiger partial charge in [-0.3, -0.25) is 9.78 Å². The van der Waals surface area contributed by atoms with Crippen LogP contribution in [0.1, 0.15) is 18.0 Å². The van der Waals surface area contributed by atoms with Gasteiger partial charge in [0.05, 0.1) is 17.8 Å². The minimum atomic E-state index is -0.327. The van der Waals surface area contributed by atoms with Crippen molar-refractivity contribution in [1.82, 2.24) is 4.98 Å². The number of pyridine rings is 1. The molecule has 0 amide bonds. The van der Waals surface area contributed by atoms with Crippen LogP contribution in [0.2, 0.25) is 10.0 Å². The number of hydrogen-bond donors (Lipinski definition) is 0. The van der Waals surface area contributed by atoms with Crippen LogP contribution in [0.25, 0.3) is 22.0 Å². The number of esters is 1. The molecule has 2 aromatic carbocycles. The van der Waals surface area contributed by atoms with Crippen LogP contribution in [0, 0.1) is 0 Å². The molecule has 1 aliphatic heterocycles. The van der Waals surface area contributed by atoms with Crippen molar-refractivity contribution in [2.75, 3.05) is 6.61 Å². The Bertz CT molecular complexity index is 955. The third-order valence-electron chi connectivity index (χ3n) is 4.25. The van der Waals surface area contributed by atoms with Gasteiger partial charge in [-0.2, -0.15) is 0 Å². The molecule has 1 aliphatic rings. The summed E-state index contributed by atoms with van der Waals surface area (Å²) in [5, 5.41) is 2.18. The number of ether oxygens (including phenoxy) is 1. The van der Waals surface area contributed by atoms with Gasteiger partial charge in [-0.05, 0) is 35.9 Å². The first kappa shape index (κ1) is 15.4.